The van der Waals surface area contributed by atoms with Gasteiger partial charge in [-0.2, -0.15) is 0 Å². The summed E-state index contributed by atoms with van der Waals surface area (Å²) in [4.78, 5) is 0. The van der Waals surface area contributed by atoms with Gasteiger partial charge in [0.15, 0.2) is 0 Å². The fraction of sp³-hybridized carbons (Fsp3) is 0.333. The van der Waals surface area contributed by atoms with Crippen LogP contribution in [0.25, 0.3) is 0 Å². The number of benzene rings is 3. The van der Waals surface area contributed by atoms with E-state index < -0.39 is 7.26 Å². The van der Waals surface area contributed by atoms with Crippen LogP contribution >= 0.6 is 18.9 Å². The van der Waals surface area contributed by atoms with Crippen molar-refractivity contribution in [3.8, 4) is 0 Å². The Kier molecular flexibility index (Phi) is 13.7. The lowest BCUT2D eigenvalue weighted by Crippen LogP contribution is -3.00. The van der Waals surface area contributed by atoms with Crippen LogP contribution in [0.2, 0.25) is 0 Å². The summed E-state index contributed by atoms with van der Waals surface area (Å²) in [6.07, 6.45) is 16.3. The molecule has 0 saturated carbocycles. The van der Waals surface area contributed by atoms with Gasteiger partial charge in [-0.15, -0.1) is 11.6 Å². The van der Waals surface area contributed by atoms with Crippen molar-refractivity contribution in [2.24, 2.45) is 0 Å². The molecule has 0 atom stereocenters. The number of allylic oxidation sites excluding steroid dienone is 2. The van der Waals surface area contributed by atoms with Crippen molar-refractivity contribution in [3.05, 3.63) is 103 Å². The molecule has 3 rings (SSSR count). The van der Waals surface area contributed by atoms with Crippen LogP contribution in [0.3, 0.4) is 0 Å². The van der Waals surface area contributed by atoms with E-state index in [0.717, 1.165) is 12.0 Å². The van der Waals surface area contributed by atoms with Gasteiger partial charge in [0.1, 0.15) is 23.2 Å². The van der Waals surface area contributed by atoms with E-state index in [0.29, 0.717) is 0 Å². The van der Waals surface area contributed by atoms with Crippen LogP contribution in [0.15, 0.2) is 103 Å². The highest BCUT2D eigenvalue weighted by molar-refractivity contribution is 7.95. The molecule has 0 saturated heterocycles. The number of hydrogen-bond donors (Lipinski definition) is 0. The van der Waals surface area contributed by atoms with Crippen LogP contribution in [0.5, 0.6) is 0 Å². The highest BCUT2D eigenvalue weighted by Gasteiger charge is 2.43. The molecule has 3 heteroatoms. The third-order valence-corrected chi connectivity index (χ3v) is 10.7. The highest BCUT2D eigenvalue weighted by atomic mass is 79.9. The summed E-state index contributed by atoms with van der Waals surface area (Å²) >= 11 is 5.76. The molecule has 0 bridgehead atoms. The Morgan fingerprint density at radius 3 is 1.33 bits per heavy atom. The number of halogens is 2. The van der Waals surface area contributed by atoms with Crippen molar-refractivity contribution in [2.45, 2.75) is 51.4 Å². The molecule has 0 aliphatic heterocycles. The predicted octanol–water partition coefficient (Wildman–Crippen LogP) is 4.90. The van der Waals surface area contributed by atoms with Gasteiger partial charge in [0.2, 0.25) is 0 Å². The van der Waals surface area contributed by atoms with Crippen LogP contribution in [0.4, 0.5) is 0 Å². The van der Waals surface area contributed by atoms with Crippen molar-refractivity contribution in [1.82, 2.24) is 0 Å². The standard InChI is InChI=1S/C30H37ClP.BrH/c31-26-18-7-5-3-1-2-4-6-8-19-27-32(28-20-12-9-13-21-28,29-22-14-10-15-23-29)30-24-16-11-17-25-30;/h8-17,19-25H,1-7,18,26-27H2;1H/q+1;/p-1. The second-order valence-electron chi connectivity index (χ2n) is 8.42. The summed E-state index contributed by atoms with van der Waals surface area (Å²) in [5.41, 5.74) is 0. The Balaban J connectivity index is 0.00000385. The molecule has 3 aromatic carbocycles. The average molecular weight is 544 g/mol. The lowest BCUT2D eigenvalue weighted by molar-refractivity contribution is -0.00000632. The molecule has 0 unspecified atom stereocenters. The zero-order chi connectivity index (χ0) is 22.3. The monoisotopic (exact) mass is 542 g/mol. The molecule has 0 radical (unpaired) electrons. The van der Waals surface area contributed by atoms with Gasteiger partial charge in [-0.1, -0.05) is 98.9 Å². The molecule has 0 amide bonds. The highest BCUT2D eigenvalue weighted by Crippen LogP contribution is 2.55. The van der Waals surface area contributed by atoms with Gasteiger partial charge in [0, 0.05) is 5.88 Å². The third kappa shape index (κ3) is 8.40. The van der Waals surface area contributed by atoms with E-state index in [-0.39, 0.29) is 17.0 Å². The molecule has 0 N–H and O–H groups in total. The Labute approximate surface area is 217 Å². The van der Waals surface area contributed by atoms with Crippen LogP contribution in [0.1, 0.15) is 51.4 Å². The van der Waals surface area contributed by atoms with Gasteiger partial charge in [-0.3, -0.25) is 0 Å². The smallest absolute Gasteiger partial charge is 0.115 e. The Morgan fingerprint density at radius 2 is 0.909 bits per heavy atom. The van der Waals surface area contributed by atoms with Crippen LogP contribution in [0, 0.1) is 0 Å². The summed E-state index contributed by atoms with van der Waals surface area (Å²) in [5.74, 6) is 0.809. The molecule has 33 heavy (non-hydrogen) atoms. The molecule has 0 spiro atoms. The number of rotatable bonds is 14. The summed E-state index contributed by atoms with van der Waals surface area (Å²) < 4.78 is 0. The summed E-state index contributed by atoms with van der Waals surface area (Å²) in [5, 5.41) is 4.37. The lowest BCUT2D eigenvalue weighted by atomic mass is 10.1. The summed E-state index contributed by atoms with van der Waals surface area (Å²) in [6.45, 7) is 0. The zero-order valence-corrected chi connectivity index (χ0v) is 22.8. The first-order valence-electron chi connectivity index (χ1n) is 12.1. The zero-order valence-electron chi connectivity index (χ0n) is 19.6. The van der Waals surface area contributed by atoms with Crippen molar-refractivity contribution in [1.29, 1.82) is 0 Å². The van der Waals surface area contributed by atoms with Crippen molar-refractivity contribution in [3.63, 3.8) is 0 Å². The average Bonchev–Trinajstić information content (AvgIpc) is 2.87. The second-order valence-corrected chi connectivity index (χ2v) is 12.3. The normalized spacial score (nSPS) is 11.4. The molecule has 0 nitrogen and oxygen atoms in total. The van der Waals surface area contributed by atoms with E-state index in [2.05, 4.69) is 103 Å². The van der Waals surface area contributed by atoms with Gasteiger partial charge >= 0.3 is 0 Å². The molecule has 0 aliphatic carbocycles. The van der Waals surface area contributed by atoms with E-state index in [1.54, 1.807) is 0 Å². The predicted molar refractivity (Wildman–Crippen MR) is 147 cm³/mol. The molecule has 0 aliphatic rings. The molecule has 176 valence electrons. The number of alkyl halides is 1. The topological polar surface area (TPSA) is 0 Å². The minimum absolute atomic E-state index is 0. The number of unbranched alkanes of at least 4 members (excludes halogenated alkanes) is 7. The van der Waals surface area contributed by atoms with E-state index in [9.17, 15) is 0 Å². The first-order valence-corrected chi connectivity index (χ1v) is 14.6. The van der Waals surface area contributed by atoms with E-state index in [1.165, 1.54) is 67.3 Å². The van der Waals surface area contributed by atoms with Crippen LogP contribution in [-0.2, 0) is 0 Å². The minimum atomic E-state index is -1.73. The number of hydrogen-bond acceptors (Lipinski definition) is 0. The third-order valence-electron chi connectivity index (χ3n) is 6.14. The fourth-order valence-electron chi connectivity index (χ4n) is 4.40. The Morgan fingerprint density at radius 1 is 0.515 bits per heavy atom. The van der Waals surface area contributed by atoms with Crippen molar-refractivity contribution >= 4 is 34.8 Å². The SMILES string of the molecule is ClCCCCCCCCCC=CC[P+](c1ccccc1)(c1ccccc1)c1ccccc1.[Br-]. The summed E-state index contributed by atoms with van der Waals surface area (Å²) in [7, 11) is -1.73. The van der Waals surface area contributed by atoms with E-state index in [1.807, 2.05) is 0 Å². The van der Waals surface area contributed by atoms with Crippen LogP contribution < -0.4 is 32.9 Å². The summed E-state index contributed by atoms with van der Waals surface area (Å²) in [6, 6.07) is 33.4. The maximum Gasteiger partial charge on any atom is 0.115 e. The molecular formula is C30H37BrClP. The maximum absolute atomic E-state index is 5.76. The first kappa shape index (κ1) is 27.8. The van der Waals surface area contributed by atoms with Crippen molar-refractivity contribution in [2.75, 3.05) is 12.0 Å². The second kappa shape index (κ2) is 16.3. The quantitative estimate of drug-likeness (QED) is 0.117. The first-order chi connectivity index (χ1) is 15.9. The molecular weight excluding hydrogens is 507 g/mol. The van der Waals surface area contributed by atoms with Gasteiger partial charge in [-0.05, 0) is 55.7 Å². The van der Waals surface area contributed by atoms with Crippen molar-refractivity contribution < 1.29 is 17.0 Å². The largest absolute Gasteiger partial charge is 1.00 e. The molecule has 0 aromatic heterocycles. The van der Waals surface area contributed by atoms with E-state index in [4.69, 9.17) is 11.6 Å². The van der Waals surface area contributed by atoms with E-state index >= 15 is 0 Å². The maximum atomic E-state index is 5.76. The molecule has 0 fully saturated rings. The molecule has 0 heterocycles. The Hall–Kier alpha value is -1.40. The van der Waals surface area contributed by atoms with Gasteiger partial charge in [0.25, 0.3) is 0 Å². The van der Waals surface area contributed by atoms with Crippen LogP contribution in [-0.4, -0.2) is 12.0 Å². The lowest BCUT2D eigenvalue weighted by Gasteiger charge is -2.26. The van der Waals surface area contributed by atoms with Gasteiger partial charge in [0.05, 0.1) is 6.16 Å². The fourth-order valence-corrected chi connectivity index (χ4v) is 8.63. The minimum Gasteiger partial charge on any atom is -1.00 e. The molecule has 3 aromatic rings. The Bertz CT molecular complexity index is 800. The van der Waals surface area contributed by atoms with Gasteiger partial charge < -0.3 is 17.0 Å². The van der Waals surface area contributed by atoms with Gasteiger partial charge in [-0.25, -0.2) is 0 Å².